The van der Waals surface area contributed by atoms with Crippen LogP contribution in [0.3, 0.4) is 0 Å². The zero-order valence-corrected chi connectivity index (χ0v) is 12.5. The van der Waals surface area contributed by atoms with E-state index in [-0.39, 0.29) is 5.38 Å². The molecule has 0 radical (unpaired) electrons. The number of halogens is 1. The minimum absolute atomic E-state index is 0.0577. The summed E-state index contributed by atoms with van der Waals surface area (Å²) in [6.45, 7) is 6.35. The predicted molar refractivity (Wildman–Crippen MR) is 79.9 cm³/mol. The molecule has 4 heteroatoms. The molecule has 3 nitrogen and oxygen atoms in total. The van der Waals surface area contributed by atoms with Crippen LogP contribution in [-0.4, -0.2) is 34.6 Å². The van der Waals surface area contributed by atoms with Gasteiger partial charge in [0.2, 0.25) is 0 Å². The van der Waals surface area contributed by atoms with Gasteiger partial charge in [0.15, 0.2) is 0 Å². The van der Waals surface area contributed by atoms with E-state index < -0.39 is 0 Å². The van der Waals surface area contributed by atoms with Crippen molar-refractivity contribution in [1.29, 1.82) is 0 Å². The first-order valence-electron chi connectivity index (χ1n) is 6.88. The third-order valence-electron chi connectivity index (χ3n) is 4.04. The first-order chi connectivity index (χ1) is 9.08. The zero-order valence-electron chi connectivity index (χ0n) is 11.7. The zero-order chi connectivity index (χ0) is 13.6. The number of benzene rings is 1. The molecule has 2 aromatic rings. The fraction of sp³-hybridized carbons (Fsp3) is 0.533. The predicted octanol–water partition coefficient (Wildman–Crippen LogP) is 3.52. The van der Waals surface area contributed by atoms with E-state index in [1.807, 2.05) is 6.92 Å². The standard InChI is InChI=1S/C15H20ClN3/c1-10-5-4-6-13-14(10)17-15(11(2)16)19(13)12-7-8-18(3)9-12/h4-6,11-12H,7-9H2,1-3H3. The Morgan fingerprint density at radius 1 is 1.42 bits per heavy atom. The summed E-state index contributed by atoms with van der Waals surface area (Å²) >= 11 is 6.35. The van der Waals surface area contributed by atoms with Gasteiger partial charge >= 0.3 is 0 Å². The third-order valence-corrected chi connectivity index (χ3v) is 4.23. The van der Waals surface area contributed by atoms with Gasteiger partial charge < -0.3 is 9.47 Å². The van der Waals surface area contributed by atoms with Crippen molar-refractivity contribution in [2.24, 2.45) is 0 Å². The second-order valence-electron chi connectivity index (χ2n) is 5.60. The fourth-order valence-electron chi connectivity index (χ4n) is 3.06. The lowest BCUT2D eigenvalue weighted by Gasteiger charge is -2.17. The highest BCUT2D eigenvalue weighted by atomic mass is 35.5. The smallest absolute Gasteiger partial charge is 0.128 e. The first-order valence-corrected chi connectivity index (χ1v) is 7.31. The number of aromatic nitrogens is 2. The molecule has 2 atom stereocenters. The van der Waals surface area contributed by atoms with Crippen molar-refractivity contribution < 1.29 is 0 Å². The van der Waals surface area contributed by atoms with Crippen molar-refractivity contribution in [3.63, 3.8) is 0 Å². The number of alkyl halides is 1. The van der Waals surface area contributed by atoms with Gasteiger partial charge in [0.1, 0.15) is 5.82 Å². The monoisotopic (exact) mass is 277 g/mol. The SMILES string of the molecule is Cc1cccc2c1nc(C(C)Cl)n2C1CCN(C)C1. The Kier molecular flexibility index (Phi) is 3.27. The molecule has 1 aliphatic heterocycles. The van der Waals surface area contributed by atoms with E-state index in [0.29, 0.717) is 6.04 Å². The van der Waals surface area contributed by atoms with Crippen molar-refractivity contribution >= 4 is 22.6 Å². The lowest BCUT2D eigenvalue weighted by Crippen LogP contribution is -2.18. The second kappa shape index (κ2) is 4.80. The Bertz CT molecular complexity index is 603. The average molecular weight is 278 g/mol. The molecule has 0 amide bonds. The second-order valence-corrected chi connectivity index (χ2v) is 6.26. The van der Waals surface area contributed by atoms with Crippen LogP contribution in [0.2, 0.25) is 0 Å². The molecule has 0 N–H and O–H groups in total. The van der Waals surface area contributed by atoms with E-state index in [0.717, 1.165) is 24.4 Å². The molecular weight excluding hydrogens is 258 g/mol. The maximum atomic E-state index is 6.35. The van der Waals surface area contributed by atoms with Crippen LogP contribution in [0.4, 0.5) is 0 Å². The largest absolute Gasteiger partial charge is 0.322 e. The van der Waals surface area contributed by atoms with Gasteiger partial charge in [0.25, 0.3) is 0 Å². The number of likely N-dealkylation sites (N-methyl/N-ethyl adjacent to an activating group) is 1. The summed E-state index contributed by atoms with van der Waals surface area (Å²) in [4.78, 5) is 7.16. The quantitative estimate of drug-likeness (QED) is 0.783. The lowest BCUT2D eigenvalue weighted by atomic mass is 10.2. The summed E-state index contributed by atoms with van der Waals surface area (Å²) in [6, 6.07) is 6.88. The van der Waals surface area contributed by atoms with E-state index in [2.05, 4.69) is 41.6 Å². The van der Waals surface area contributed by atoms with Crippen molar-refractivity contribution in [2.75, 3.05) is 20.1 Å². The van der Waals surface area contributed by atoms with Gasteiger partial charge in [0.05, 0.1) is 16.4 Å². The van der Waals surface area contributed by atoms with Gasteiger partial charge in [-0.3, -0.25) is 0 Å². The molecule has 1 saturated heterocycles. The Morgan fingerprint density at radius 2 is 2.21 bits per heavy atom. The van der Waals surface area contributed by atoms with Crippen molar-refractivity contribution in [2.45, 2.75) is 31.7 Å². The first kappa shape index (κ1) is 12.9. The molecular formula is C15H20ClN3. The summed E-state index contributed by atoms with van der Waals surface area (Å²) in [5, 5.41) is -0.0577. The number of rotatable bonds is 2. The van der Waals surface area contributed by atoms with Crippen LogP contribution >= 0.6 is 11.6 Å². The van der Waals surface area contributed by atoms with Crippen LogP contribution in [-0.2, 0) is 0 Å². The molecule has 1 aromatic carbocycles. The number of nitrogens with zero attached hydrogens (tertiary/aromatic N) is 3. The average Bonchev–Trinajstić information content (AvgIpc) is 2.93. The minimum atomic E-state index is -0.0577. The van der Waals surface area contributed by atoms with Crippen LogP contribution in [0.5, 0.6) is 0 Å². The maximum Gasteiger partial charge on any atom is 0.128 e. The normalized spacial score (nSPS) is 22.2. The van der Waals surface area contributed by atoms with Gasteiger partial charge in [-0.05, 0) is 45.5 Å². The summed E-state index contributed by atoms with van der Waals surface area (Å²) in [7, 11) is 2.17. The molecule has 102 valence electrons. The Labute approximate surface area is 119 Å². The highest BCUT2D eigenvalue weighted by molar-refractivity contribution is 6.20. The number of likely N-dealkylation sites (tertiary alicyclic amines) is 1. The van der Waals surface area contributed by atoms with Gasteiger partial charge in [-0.25, -0.2) is 4.98 Å². The molecule has 3 rings (SSSR count). The van der Waals surface area contributed by atoms with Gasteiger partial charge in [-0.2, -0.15) is 0 Å². The van der Waals surface area contributed by atoms with Gasteiger partial charge in [0, 0.05) is 12.6 Å². The molecule has 0 saturated carbocycles. The van der Waals surface area contributed by atoms with Gasteiger partial charge in [-0.1, -0.05) is 12.1 Å². The summed E-state index contributed by atoms with van der Waals surface area (Å²) in [5.41, 5.74) is 3.54. The third kappa shape index (κ3) is 2.15. The molecule has 0 spiro atoms. The number of hydrogen-bond acceptors (Lipinski definition) is 2. The molecule has 1 aliphatic rings. The van der Waals surface area contributed by atoms with Crippen molar-refractivity contribution in [3.05, 3.63) is 29.6 Å². The van der Waals surface area contributed by atoms with Crippen LogP contribution in [0.25, 0.3) is 11.0 Å². The van der Waals surface area contributed by atoms with Crippen LogP contribution in [0, 0.1) is 6.92 Å². The Balaban J connectivity index is 2.20. The number of hydrogen-bond donors (Lipinski definition) is 0. The molecule has 1 fully saturated rings. The number of aryl methyl sites for hydroxylation is 1. The fourth-order valence-corrected chi connectivity index (χ4v) is 3.22. The number of fused-ring (bicyclic) bond motifs is 1. The van der Waals surface area contributed by atoms with E-state index in [1.165, 1.54) is 17.5 Å². The van der Waals surface area contributed by atoms with Crippen molar-refractivity contribution in [1.82, 2.24) is 14.5 Å². The van der Waals surface area contributed by atoms with E-state index in [9.17, 15) is 0 Å². The van der Waals surface area contributed by atoms with E-state index >= 15 is 0 Å². The summed E-state index contributed by atoms with van der Waals surface area (Å²) < 4.78 is 2.36. The number of imidazole rings is 1. The van der Waals surface area contributed by atoms with E-state index in [1.54, 1.807) is 0 Å². The molecule has 1 aromatic heterocycles. The van der Waals surface area contributed by atoms with Crippen LogP contribution in [0.1, 0.15) is 36.2 Å². The van der Waals surface area contributed by atoms with Crippen molar-refractivity contribution in [3.8, 4) is 0 Å². The van der Waals surface area contributed by atoms with E-state index in [4.69, 9.17) is 16.6 Å². The lowest BCUT2D eigenvalue weighted by molar-refractivity contribution is 0.392. The topological polar surface area (TPSA) is 21.1 Å². The summed E-state index contributed by atoms with van der Waals surface area (Å²) in [6.07, 6.45) is 1.17. The molecule has 19 heavy (non-hydrogen) atoms. The molecule has 0 aliphatic carbocycles. The Morgan fingerprint density at radius 3 is 2.84 bits per heavy atom. The van der Waals surface area contributed by atoms with Crippen LogP contribution in [0.15, 0.2) is 18.2 Å². The highest BCUT2D eigenvalue weighted by Gasteiger charge is 2.27. The molecule has 2 heterocycles. The Hall–Kier alpha value is -1.06. The van der Waals surface area contributed by atoms with Gasteiger partial charge in [-0.15, -0.1) is 11.6 Å². The molecule has 2 unspecified atom stereocenters. The minimum Gasteiger partial charge on any atom is -0.322 e. The van der Waals surface area contributed by atoms with Crippen LogP contribution < -0.4 is 0 Å². The number of para-hydroxylation sites is 1. The molecule has 0 bridgehead atoms. The highest BCUT2D eigenvalue weighted by Crippen LogP contribution is 2.32. The summed E-state index contributed by atoms with van der Waals surface area (Å²) in [5.74, 6) is 1.01. The maximum absolute atomic E-state index is 6.35.